The van der Waals surface area contributed by atoms with Crippen LogP contribution in [0.4, 0.5) is 0 Å². The van der Waals surface area contributed by atoms with Gasteiger partial charge in [0.2, 0.25) is 0 Å². The largest absolute Gasteiger partial charge is 0.459 e. The van der Waals surface area contributed by atoms with Crippen molar-refractivity contribution in [2.45, 2.75) is 52.9 Å². The van der Waals surface area contributed by atoms with Crippen LogP contribution in [0.3, 0.4) is 0 Å². The van der Waals surface area contributed by atoms with E-state index >= 15 is 0 Å². The van der Waals surface area contributed by atoms with Crippen molar-refractivity contribution in [1.82, 2.24) is 15.5 Å². The molecule has 1 aliphatic rings. The number of guanidine groups is 1. The Balaban J connectivity index is 0.00000364. The monoisotopic (exact) mass is 490 g/mol. The van der Waals surface area contributed by atoms with Crippen LogP contribution in [0.1, 0.15) is 62.1 Å². The molecule has 1 aromatic rings. The average Bonchev–Trinajstić information content (AvgIpc) is 3.04. The maximum Gasteiger partial charge on any atom is 0.287 e. The van der Waals surface area contributed by atoms with Gasteiger partial charge in [0.25, 0.3) is 5.91 Å². The summed E-state index contributed by atoms with van der Waals surface area (Å²) < 4.78 is 5.20. The highest BCUT2D eigenvalue weighted by Crippen LogP contribution is 2.33. The lowest BCUT2D eigenvalue weighted by molar-refractivity contribution is 0.0924. The predicted octanol–water partition coefficient (Wildman–Crippen LogP) is 3.80. The van der Waals surface area contributed by atoms with Crippen molar-refractivity contribution in [2.24, 2.45) is 10.4 Å². The number of carbonyl (C=O) groups is 1. The van der Waals surface area contributed by atoms with Gasteiger partial charge in [-0.2, -0.15) is 0 Å². The van der Waals surface area contributed by atoms with Crippen molar-refractivity contribution in [3.05, 3.63) is 23.7 Å². The molecule has 0 radical (unpaired) electrons. The first-order valence-corrected chi connectivity index (χ1v) is 9.77. The molecule has 154 valence electrons. The number of nitrogens with one attached hydrogen (secondary N) is 2. The van der Waals surface area contributed by atoms with Gasteiger partial charge in [-0.15, -0.1) is 24.0 Å². The normalized spacial score (nSPS) is 20.1. The molecule has 1 saturated heterocycles. The highest BCUT2D eigenvalue weighted by Gasteiger charge is 2.31. The average molecular weight is 490 g/mol. The summed E-state index contributed by atoms with van der Waals surface area (Å²) in [5, 5.41) is 6.34. The Morgan fingerprint density at radius 1 is 1.37 bits per heavy atom. The van der Waals surface area contributed by atoms with Gasteiger partial charge in [-0.05, 0) is 44.1 Å². The standard InChI is InChI=1S/C20H34N4O2.HI/c1-5-9-20(3)10-6-13-24(15-20)19(21-4)23-12-7-11-22-18(25)17-16(2)8-14-26-17;/h8,14H,5-7,9-13,15H2,1-4H3,(H,21,23)(H,22,25);1H. The fourth-order valence-corrected chi connectivity index (χ4v) is 3.81. The van der Waals surface area contributed by atoms with Crippen LogP contribution in [-0.4, -0.2) is 50.0 Å². The molecule has 2 rings (SSSR count). The second-order valence-corrected chi connectivity index (χ2v) is 7.60. The van der Waals surface area contributed by atoms with E-state index in [1.165, 1.54) is 25.7 Å². The molecule has 0 aliphatic carbocycles. The Bertz CT molecular complexity index is 613. The van der Waals surface area contributed by atoms with Crippen molar-refractivity contribution >= 4 is 35.8 Å². The number of piperidine rings is 1. The number of furan rings is 1. The third kappa shape index (κ3) is 7.01. The Kier molecular flexibility index (Phi) is 10.2. The summed E-state index contributed by atoms with van der Waals surface area (Å²) in [6, 6.07) is 1.80. The van der Waals surface area contributed by atoms with Crippen molar-refractivity contribution in [2.75, 3.05) is 33.2 Å². The lowest BCUT2D eigenvalue weighted by Gasteiger charge is -2.42. The number of hydrogen-bond acceptors (Lipinski definition) is 3. The zero-order valence-electron chi connectivity index (χ0n) is 17.1. The van der Waals surface area contributed by atoms with Crippen LogP contribution >= 0.6 is 24.0 Å². The van der Waals surface area contributed by atoms with Crippen LogP contribution < -0.4 is 10.6 Å². The molecule has 1 amide bonds. The van der Waals surface area contributed by atoms with E-state index in [0.29, 0.717) is 17.7 Å². The Morgan fingerprint density at radius 3 is 2.74 bits per heavy atom. The number of aryl methyl sites for hydroxylation is 1. The van der Waals surface area contributed by atoms with E-state index in [2.05, 4.69) is 34.4 Å². The van der Waals surface area contributed by atoms with E-state index in [1.54, 1.807) is 12.3 Å². The second-order valence-electron chi connectivity index (χ2n) is 7.60. The van der Waals surface area contributed by atoms with Crippen molar-refractivity contribution in [3.8, 4) is 0 Å². The smallest absolute Gasteiger partial charge is 0.287 e. The fourth-order valence-electron chi connectivity index (χ4n) is 3.81. The quantitative estimate of drug-likeness (QED) is 0.264. The van der Waals surface area contributed by atoms with Gasteiger partial charge in [0.1, 0.15) is 0 Å². The number of aliphatic imine (C=N–C) groups is 1. The number of rotatable bonds is 7. The lowest BCUT2D eigenvalue weighted by Crippen LogP contribution is -2.50. The number of hydrogen-bond donors (Lipinski definition) is 2. The topological polar surface area (TPSA) is 69.9 Å². The summed E-state index contributed by atoms with van der Waals surface area (Å²) in [6.45, 7) is 10.0. The molecular weight excluding hydrogens is 455 g/mol. The summed E-state index contributed by atoms with van der Waals surface area (Å²) in [7, 11) is 1.84. The van der Waals surface area contributed by atoms with E-state index < -0.39 is 0 Å². The first kappa shape index (κ1) is 23.8. The Morgan fingerprint density at radius 2 is 2.11 bits per heavy atom. The van der Waals surface area contributed by atoms with Crippen LogP contribution in [-0.2, 0) is 0 Å². The second kappa shape index (κ2) is 11.6. The van der Waals surface area contributed by atoms with Gasteiger partial charge in [0, 0.05) is 38.8 Å². The van der Waals surface area contributed by atoms with Gasteiger partial charge in [-0.3, -0.25) is 9.79 Å². The molecular formula is C20H35IN4O2. The van der Waals surface area contributed by atoms with E-state index in [0.717, 1.165) is 37.6 Å². The lowest BCUT2D eigenvalue weighted by atomic mass is 9.78. The molecule has 1 fully saturated rings. The van der Waals surface area contributed by atoms with Crippen molar-refractivity contribution < 1.29 is 9.21 Å². The molecule has 1 aliphatic heterocycles. The molecule has 0 aromatic carbocycles. The minimum Gasteiger partial charge on any atom is -0.459 e. The van der Waals surface area contributed by atoms with Crippen LogP contribution in [0.2, 0.25) is 0 Å². The molecule has 27 heavy (non-hydrogen) atoms. The molecule has 2 N–H and O–H groups in total. The number of amides is 1. The molecule has 1 atom stereocenters. The number of halogens is 1. The Labute approximate surface area is 180 Å². The Hall–Kier alpha value is -1.25. The molecule has 0 saturated carbocycles. The van der Waals surface area contributed by atoms with E-state index in [1.807, 2.05) is 14.0 Å². The molecule has 1 aromatic heterocycles. The van der Waals surface area contributed by atoms with Crippen LogP contribution in [0.15, 0.2) is 21.7 Å². The summed E-state index contributed by atoms with van der Waals surface area (Å²) in [5.74, 6) is 1.22. The van der Waals surface area contributed by atoms with Crippen molar-refractivity contribution in [1.29, 1.82) is 0 Å². The maximum atomic E-state index is 12.0. The van der Waals surface area contributed by atoms with Gasteiger partial charge in [0.15, 0.2) is 11.7 Å². The van der Waals surface area contributed by atoms with Crippen LogP contribution in [0.5, 0.6) is 0 Å². The third-order valence-electron chi connectivity index (χ3n) is 5.14. The van der Waals surface area contributed by atoms with Crippen molar-refractivity contribution in [3.63, 3.8) is 0 Å². The van der Waals surface area contributed by atoms with E-state index in [-0.39, 0.29) is 29.9 Å². The molecule has 1 unspecified atom stereocenters. The van der Waals surface area contributed by atoms with Gasteiger partial charge >= 0.3 is 0 Å². The highest BCUT2D eigenvalue weighted by molar-refractivity contribution is 14.0. The minimum absolute atomic E-state index is 0. The van der Waals surface area contributed by atoms with Gasteiger partial charge < -0.3 is 20.0 Å². The SMILES string of the molecule is CCCC1(C)CCCN(C(=NC)NCCCNC(=O)c2occc2C)C1.I. The highest BCUT2D eigenvalue weighted by atomic mass is 127. The van der Waals surface area contributed by atoms with Crippen LogP contribution in [0.25, 0.3) is 0 Å². The predicted molar refractivity (Wildman–Crippen MR) is 121 cm³/mol. The summed E-state index contributed by atoms with van der Waals surface area (Å²) in [5.41, 5.74) is 1.25. The summed E-state index contributed by atoms with van der Waals surface area (Å²) >= 11 is 0. The number of nitrogens with zero attached hydrogens (tertiary/aromatic N) is 2. The van der Waals surface area contributed by atoms with Gasteiger partial charge in [-0.1, -0.05) is 20.3 Å². The van der Waals surface area contributed by atoms with E-state index in [9.17, 15) is 4.79 Å². The minimum atomic E-state index is -0.150. The first-order chi connectivity index (χ1) is 12.5. The van der Waals surface area contributed by atoms with Crippen LogP contribution in [0, 0.1) is 12.3 Å². The molecule has 0 bridgehead atoms. The third-order valence-corrected chi connectivity index (χ3v) is 5.14. The number of likely N-dealkylation sites (tertiary alicyclic amines) is 1. The summed E-state index contributed by atoms with van der Waals surface area (Å²) in [6.07, 6.45) is 7.39. The zero-order valence-corrected chi connectivity index (χ0v) is 19.5. The fraction of sp³-hybridized carbons (Fsp3) is 0.700. The zero-order chi connectivity index (χ0) is 19.0. The molecule has 7 heteroatoms. The maximum absolute atomic E-state index is 12.0. The molecule has 6 nitrogen and oxygen atoms in total. The molecule has 2 heterocycles. The first-order valence-electron chi connectivity index (χ1n) is 9.77. The summed E-state index contributed by atoms with van der Waals surface area (Å²) in [4.78, 5) is 18.8. The number of carbonyl (C=O) groups excluding carboxylic acids is 1. The van der Waals surface area contributed by atoms with E-state index in [4.69, 9.17) is 4.42 Å². The molecule has 0 spiro atoms. The van der Waals surface area contributed by atoms with Gasteiger partial charge in [-0.25, -0.2) is 0 Å². The van der Waals surface area contributed by atoms with Gasteiger partial charge in [0.05, 0.1) is 6.26 Å².